The van der Waals surface area contributed by atoms with Crippen LogP contribution in [0.15, 0.2) is 4.42 Å². The molecule has 7 heteroatoms. The average Bonchev–Trinajstić information content (AvgIpc) is 3.13. The molecular formula is C15H25N3O3S. The van der Waals surface area contributed by atoms with Gasteiger partial charge in [-0.05, 0) is 25.2 Å². The third-order valence-corrected chi connectivity index (χ3v) is 6.37. The Morgan fingerprint density at radius 1 is 1.18 bits per heavy atom. The van der Waals surface area contributed by atoms with Crippen molar-refractivity contribution in [1.82, 2.24) is 13.6 Å². The van der Waals surface area contributed by atoms with Crippen molar-refractivity contribution >= 4 is 10.2 Å². The van der Waals surface area contributed by atoms with Crippen LogP contribution < -0.4 is 0 Å². The molecule has 3 heterocycles. The SMILES string of the molecule is CC(C)CCc1nc2c(o1)CCN(S(=O)(=O)N1CCCC1)C2. The Labute approximate surface area is 132 Å². The van der Waals surface area contributed by atoms with E-state index in [1.54, 1.807) is 8.61 Å². The number of fused-ring (bicyclic) bond motifs is 1. The zero-order valence-electron chi connectivity index (χ0n) is 13.4. The van der Waals surface area contributed by atoms with Gasteiger partial charge in [0.1, 0.15) is 5.76 Å². The molecule has 0 atom stereocenters. The van der Waals surface area contributed by atoms with Gasteiger partial charge in [-0.1, -0.05) is 13.8 Å². The highest BCUT2D eigenvalue weighted by Gasteiger charge is 2.35. The topological polar surface area (TPSA) is 66.7 Å². The van der Waals surface area contributed by atoms with Gasteiger partial charge in [-0.15, -0.1) is 0 Å². The Bertz CT molecular complexity index is 618. The molecule has 1 fully saturated rings. The van der Waals surface area contributed by atoms with Crippen molar-refractivity contribution in [1.29, 1.82) is 0 Å². The predicted molar refractivity (Wildman–Crippen MR) is 83.5 cm³/mol. The zero-order valence-corrected chi connectivity index (χ0v) is 14.2. The molecular weight excluding hydrogens is 302 g/mol. The van der Waals surface area contributed by atoms with E-state index >= 15 is 0 Å². The monoisotopic (exact) mass is 327 g/mol. The summed E-state index contributed by atoms with van der Waals surface area (Å²) >= 11 is 0. The molecule has 0 aliphatic carbocycles. The largest absolute Gasteiger partial charge is 0.445 e. The Hall–Kier alpha value is -0.920. The summed E-state index contributed by atoms with van der Waals surface area (Å²) in [6.45, 7) is 6.47. The molecule has 2 aliphatic rings. The van der Waals surface area contributed by atoms with Crippen molar-refractivity contribution < 1.29 is 12.8 Å². The molecule has 3 rings (SSSR count). The van der Waals surface area contributed by atoms with Crippen LogP contribution >= 0.6 is 0 Å². The van der Waals surface area contributed by atoms with Crippen molar-refractivity contribution in [2.24, 2.45) is 5.92 Å². The van der Waals surface area contributed by atoms with Crippen LogP contribution in [-0.4, -0.2) is 41.6 Å². The molecule has 0 unspecified atom stereocenters. The molecule has 2 aliphatic heterocycles. The molecule has 0 saturated carbocycles. The quantitative estimate of drug-likeness (QED) is 0.829. The lowest BCUT2D eigenvalue weighted by atomic mass is 10.1. The second-order valence-electron chi connectivity index (χ2n) is 6.61. The molecule has 0 spiro atoms. The summed E-state index contributed by atoms with van der Waals surface area (Å²) in [6, 6.07) is 0. The van der Waals surface area contributed by atoms with Crippen molar-refractivity contribution in [2.45, 2.75) is 52.5 Å². The number of aromatic nitrogens is 1. The van der Waals surface area contributed by atoms with E-state index in [1.165, 1.54) is 0 Å². The van der Waals surface area contributed by atoms with Crippen molar-refractivity contribution in [3.05, 3.63) is 17.3 Å². The fraction of sp³-hybridized carbons (Fsp3) is 0.800. The first-order chi connectivity index (χ1) is 10.5. The Kier molecular flexibility index (Phi) is 4.56. The summed E-state index contributed by atoms with van der Waals surface area (Å²) in [5, 5.41) is 0. The van der Waals surface area contributed by atoms with Crippen LogP contribution in [0, 0.1) is 5.92 Å². The van der Waals surface area contributed by atoms with Gasteiger partial charge in [0.25, 0.3) is 10.2 Å². The highest BCUT2D eigenvalue weighted by atomic mass is 32.2. The van der Waals surface area contributed by atoms with Gasteiger partial charge in [-0.3, -0.25) is 0 Å². The summed E-state index contributed by atoms with van der Waals surface area (Å²) in [5.41, 5.74) is 0.799. The minimum absolute atomic E-state index is 0.347. The van der Waals surface area contributed by atoms with E-state index in [-0.39, 0.29) is 0 Å². The van der Waals surface area contributed by atoms with E-state index in [0.717, 1.165) is 43.0 Å². The van der Waals surface area contributed by atoms with E-state index in [2.05, 4.69) is 18.8 Å². The van der Waals surface area contributed by atoms with Crippen LogP contribution in [0.2, 0.25) is 0 Å². The van der Waals surface area contributed by atoms with Crippen molar-refractivity contribution in [3.8, 4) is 0 Å². The molecule has 1 aromatic heterocycles. The number of nitrogens with zero attached hydrogens (tertiary/aromatic N) is 3. The molecule has 0 bridgehead atoms. The van der Waals surface area contributed by atoms with E-state index in [9.17, 15) is 8.42 Å². The van der Waals surface area contributed by atoms with Gasteiger partial charge in [0.05, 0.1) is 12.2 Å². The normalized spacial score (nSPS) is 20.7. The first-order valence-corrected chi connectivity index (χ1v) is 9.59. The van der Waals surface area contributed by atoms with Crippen LogP contribution in [0.4, 0.5) is 0 Å². The molecule has 0 aromatic carbocycles. The number of aryl methyl sites for hydroxylation is 1. The first-order valence-electron chi connectivity index (χ1n) is 8.19. The lowest BCUT2D eigenvalue weighted by Gasteiger charge is -2.28. The zero-order chi connectivity index (χ0) is 15.7. The van der Waals surface area contributed by atoms with Crippen molar-refractivity contribution in [3.63, 3.8) is 0 Å². The molecule has 22 heavy (non-hydrogen) atoms. The maximum atomic E-state index is 12.6. The molecule has 0 amide bonds. The van der Waals surface area contributed by atoms with Gasteiger partial charge in [-0.2, -0.15) is 17.0 Å². The third kappa shape index (κ3) is 3.21. The second-order valence-corrected chi connectivity index (χ2v) is 8.54. The summed E-state index contributed by atoms with van der Waals surface area (Å²) in [5.74, 6) is 2.22. The van der Waals surface area contributed by atoms with Crippen LogP contribution in [-0.2, 0) is 29.6 Å². The van der Waals surface area contributed by atoms with Crippen molar-refractivity contribution in [2.75, 3.05) is 19.6 Å². The van der Waals surface area contributed by atoms with Crippen LogP contribution in [0.1, 0.15) is 50.5 Å². The van der Waals surface area contributed by atoms with Gasteiger partial charge in [0.2, 0.25) is 0 Å². The standard InChI is InChI=1S/C15H25N3O3S/c1-12(2)5-6-15-16-13-11-18(10-7-14(13)21-15)22(19,20)17-8-3-4-9-17/h12H,3-11H2,1-2H3. The first kappa shape index (κ1) is 16.0. The maximum absolute atomic E-state index is 12.6. The number of rotatable bonds is 5. The second kappa shape index (κ2) is 6.29. The fourth-order valence-electron chi connectivity index (χ4n) is 3.03. The molecule has 124 valence electrons. The van der Waals surface area contributed by atoms with Gasteiger partial charge in [0, 0.05) is 32.5 Å². The van der Waals surface area contributed by atoms with Crippen LogP contribution in [0.5, 0.6) is 0 Å². The van der Waals surface area contributed by atoms with E-state index in [0.29, 0.717) is 38.5 Å². The minimum atomic E-state index is -3.34. The smallest absolute Gasteiger partial charge is 0.282 e. The highest BCUT2D eigenvalue weighted by molar-refractivity contribution is 7.86. The Morgan fingerprint density at radius 3 is 2.59 bits per heavy atom. The predicted octanol–water partition coefficient (Wildman–Crippen LogP) is 1.96. The fourth-order valence-corrected chi connectivity index (χ4v) is 4.68. The van der Waals surface area contributed by atoms with E-state index in [1.807, 2.05) is 0 Å². The summed E-state index contributed by atoms with van der Waals surface area (Å²) in [6.07, 6.45) is 4.40. The number of oxazole rings is 1. The van der Waals surface area contributed by atoms with Crippen LogP contribution in [0.25, 0.3) is 0 Å². The highest BCUT2D eigenvalue weighted by Crippen LogP contribution is 2.25. The maximum Gasteiger partial charge on any atom is 0.282 e. The van der Waals surface area contributed by atoms with E-state index < -0.39 is 10.2 Å². The lowest BCUT2D eigenvalue weighted by Crippen LogP contribution is -2.44. The molecule has 1 aromatic rings. The number of hydrogen-bond acceptors (Lipinski definition) is 4. The lowest BCUT2D eigenvalue weighted by molar-refractivity contribution is 0.325. The van der Waals surface area contributed by atoms with Gasteiger partial charge in [-0.25, -0.2) is 4.98 Å². The number of hydrogen-bond donors (Lipinski definition) is 0. The summed E-state index contributed by atoms with van der Waals surface area (Å²) < 4.78 is 34.2. The van der Waals surface area contributed by atoms with E-state index in [4.69, 9.17) is 4.42 Å². The van der Waals surface area contributed by atoms with Gasteiger partial charge < -0.3 is 4.42 Å². The summed E-state index contributed by atoms with van der Waals surface area (Å²) in [4.78, 5) is 4.52. The molecule has 0 N–H and O–H groups in total. The Morgan fingerprint density at radius 2 is 1.91 bits per heavy atom. The van der Waals surface area contributed by atoms with Crippen LogP contribution in [0.3, 0.4) is 0 Å². The third-order valence-electron chi connectivity index (χ3n) is 4.39. The Balaban J connectivity index is 1.70. The van der Waals surface area contributed by atoms with Gasteiger partial charge >= 0.3 is 0 Å². The molecule has 1 saturated heterocycles. The average molecular weight is 327 g/mol. The summed E-state index contributed by atoms with van der Waals surface area (Å²) in [7, 11) is -3.34. The minimum Gasteiger partial charge on any atom is -0.445 e. The molecule has 0 radical (unpaired) electrons. The van der Waals surface area contributed by atoms with Gasteiger partial charge in [0.15, 0.2) is 5.89 Å². The molecule has 6 nitrogen and oxygen atoms in total.